The fourth-order valence-electron chi connectivity index (χ4n) is 3.02. The molecule has 0 atom stereocenters. The Bertz CT molecular complexity index is 1380. The van der Waals surface area contributed by atoms with Gasteiger partial charge in [-0.05, 0) is 54.1 Å². The van der Waals surface area contributed by atoms with Crippen molar-refractivity contribution < 1.29 is 9.53 Å². The minimum Gasteiger partial charge on any atom is -0.457 e. The first-order valence-electron chi connectivity index (χ1n) is 9.91. The molecule has 0 spiro atoms. The molecule has 2 aromatic carbocycles. The van der Waals surface area contributed by atoms with Gasteiger partial charge in [0.05, 0.1) is 6.54 Å². The van der Waals surface area contributed by atoms with E-state index in [0.717, 1.165) is 5.56 Å². The Morgan fingerprint density at radius 1 is 0.939 bits per heavy atom. The van der Waals surface area contributed by atoms with Gasteiger partial charge in [0.1, 0.15) is 23.3 Å². The third-order valence-corrected chi connectivity index (χ3v) is 4.51. The van der Waals surface area contributed by atoms with Crippen molar-refractivity contribution in [3.05, 3.63) is 107 Å². The number of benzene rings is 2. The Balaban J connectivity index is 1.35. The minimum absolute atomic E-state index is 0.263. The van der Waals surface area contributed by atoms with Crippen LogP contribution < -0.4 is 21.1 Å². The van der Waals surface area contributed by atoms with Gasteiger partial charge in [-0.3, -0.25) is 4.57 Å². The number of anilines is 2. The van der Waals surface area contributed by atoms with E-state index in [1.165, 1.54) is 17.0 Å². The molecule has 33 heavy (non-hydrogen) atoms. The van der Waals surface area contributed by atoms with Crippen LogP contribution >= 0.6 is 0 Å². The summed E-state index contributed by atoms with van der Waals surface area (Å²) in [6, 6.07) is 20.5. The van der Waals surface area contributed by atoms with Crippen LogP contribution in [0.3, 0.4) is 0 Å². The molecule has 0 fully saturated rings. The molecule has 4 rings (SSSR count). The van der Waals surface area contributed by atoms with Crippen LogP contribution in [0.5, 0.6) is 11.5 Å². The summed E-state index contributed by atoms with van der Waals surface area (Å²) in [5.41, 5.74) is 1.94. The topological polar surface area (TPSA) is 122 Å². The zero-order valence-electron chi connectivity index (χ0n) is 17.3. The average Bonchev–Trinajstić information content (AvgIpc) is 2.82. The van der Waals surface area contributed by atoms with E-state index in [-0.39, 0.29) is 11.4 Å². The maximum atomic E-state index is 12.4. The molecular weight excluding hydrogens is 420 g/mol. The molecule has 2 N–H and O–H groups in total. The molecule has 2 aromatic heterocycles. The molecule has 0 aliphatic carbocycles. The molecule has 0 radical (unpaired) electrons. The lowest BCUT2D eigenvalue weighted by Gasteiger charge is -2.11. The number of amides is 2. The van der Waals surface area contributed by atoms with Crippen molar-refractivity contribution in [2.24, 2.45) is 0 Å². The number of aromatic nitrogens is 3. The first kappa shape index (κ1) is 21.3. The highest BCUT2D eigenvalue weighted by Gasteiger charge is 2.06. The number of ether oxygens (including phenoxy) is 1. The highest BCUT2D eigenvalue weighted by atomic mass is 16.5. The third-order valence-electron chi connectivity index (χ3n) is 4.51. The largest absolute Gasteiger partial charge is 0.457 e. The number of hydrogen-bond donors (Lipinski definition) is 2. The molecule has 9 nitrogen and oxygen atoms in total. The number of urea groups is 1. The lowest BCUT2D eigenvalue weighted by atomic mass is 10.2. The summed E-state index contributed by atoms with van der Waals surface area (Å²) in [5, 5.41) is 14.4. The van der Waals surface area contributed by atoms with Gasteiger partial charge in [-0.25, -0.2) is 19.6 Å². The van der Waals surface area contributed by atoms with Crippen molar-refractivity contribution in [3.63, 3.8) is 0 Å². The number of nitriles is 1. The number of hydrogen-bond acceptors (Lipinski definition) is 6. The summed E-state index contributed by atoms with van der Waals surface area (Å²) in [6.07, 6.45) is 4.61. The van der Waals surface area contributed by atoms with Gasteiger partial charge in [-0.1, -0.05) is 12.1 Å². The van der Waals surface area contributed by atoms with E-state index in [9.17, 15) is 9.59 Å². The Labute approximate surface area is 188 Å². The molecule has 4 aromatic rings. The summed E-state index contributed by atoms with van der Waals surface area (Å²) in [6.45, 7) is 0.346. The molecule has 0 unspecified atom stereocenters. The molecule has 9 heteroatoms. The lowest BCUT2D eigenvalue weighted by Crippen LogP contribution is -2.22. The van der Waals surface area contributed by atoms with Gasteiger partial charge in [0, 0.05) is 36.0 Å². The number of nitrogens with one attached hydrogen (secondary N) is 2. The molecule has 0 aliphatic rings. The number of pyridine rings is 1. The minimum atomic E-state index is -0.410. The van der Waals surface area contributed by atoms with Crippen LogP contribution in [0.1, 0.15) is 11.3 Å². The molecule has 2 heterocycles. The van der Waals surface area contributed by atoms with Crippen LogP contribution in [-0.4, -0.2) is 20.6 Å². The maximum Gasteiger partial charge on any atom is 0.347 e. The Kier molecular flexibility index (Phi) is 6.38. The lowest BCUT2D eigenvalue weighted by molar-refractivity contribution is 0.262. The Morgan fingerprint density at radius 2 is 1.76 bits per heavy atom. The van der Waals surface area contributed by atoms with Crippen molar-refractivity contribution in [3.8, 4) is 17.6 Å². The Hall–Kier alpha value is -4.97. The summed E-state index contributed by atoms with van der Waals surface area (Å²) < 4.78 is 7.18. The number of nitrogens with zero attached hydrogens (tertiary/aromatic N) is 4. The van der Waals surface area contributed by atoms with Crippen LogP contribution in [0.25, 0.3) is 0 Å². The first-order valence-corrected chi connectivity index (χ1v) is 9.91. The van der Waals surface area contributed by atoms with Crippen LogP contribution in [0.2, 0.25) is 0 Å². The van der Waals surface area contributed by atoms with Gasteiger partial charge >= 0.3 is 11.7 Å². The van der Waals surface area contributed by atoms with E-state index in [4.69, 9.17) is 10.00 Å². The van der Waals surface area contributed by atoms with E-state index >= 15 is 0 Å². The highest BCUT2D eigenvalue weighted by Crippen LogP contribution is 2.23. The van der Waals surface area contributed by atoms with Crippen LogP contribution in [0.15, 0.2) is 90.1 Å². The van der Waals surface area contributed by atoms with Crippen molar-refractivity contribution >= 4 is 17.4 Å². The van der Waals surface area contributed by atoms with Crippen molar-refractivity contribution in [1.29, 1.82) is 5.26 Å². The molecule has 0 aliphatic heterocycles. The van der Waals surface area contributed by atoms with E-state index in [0.29, 0.717) is 29.4 Å². The normalized spacial score (nSPS) is 10.2. The highest BCUT2D eigenvalue weighted by molar-refractivity contribution is 5.99. The summed E-state index contributed by atoms with van der Waals surface area (Å²) >= 11 is 0. The van der Waals surface area contributed by atoms with E-state index in [2.05, 4.69) is 20.6 Å². The standard InChI is InChI=1S/C24H18N6O3/c25-15-20-14-22(9-11-26-20)33-21-7-5-18(6-8-21)28-23(31)29-19-4-1-3-17(13-19)16-30-12-2-10-27-24(30)32/h1-14H,16H2,(H2,28,29,31). The zero-order valence-corrected chi connectivity index (χ0v) is 17.3. The van der Waals surface area contributed by atoms with E-state index < -0.39 is 6.03 Å². The monoisotopic (exact) mass is 438 g/mol. The number of carbonyl (C=O) groups excluding carboxylic acids is 1. The predicted molar refractivity (Wildman–Crippen MR) is 122 cm³/mol. The van der Waals surface area contributed by atoms with Gasteiger partial charge in [0.25, 0.3) is 0 Å². The molecule has 0 saturated heterocycles. The smallest absolute Gasteiger partial charge is 0.347 e. The quantitative estimate of drug-likeness (QED) is 0.469. The van der Waals surface area contributed by atoms with Crippen molar-refractivity contribution in [1.82, 2.24) is 14.5 Å². The predicted octanol–water partition coefficient (Wildman–Crippen LogP) is 3.99. The second-order valence-electron chi connectivity index (χ2n) is 6.92. The summed E-state index contributed by atoms with van der Waals surface area (Å²) in [4.78, 5) is 31.8. The Morgan fingerprint density at radius 3 is 2.55 bits per heavy atom. The van der Waals surface area contributed by atoms with Gasteiger partial charge < -0.3 is 15.4 Å². The van der Waals surface area contributed by atoms with Gasteiger partial charge in [-0.15, -0.1) is 0 Å². The fraction of sp³-hybridized carbons (Fsp3) is 0.0417. The van der Waals surface area contributed by atoms with E-state index in [1.807, 2.05) is 12.1 Å². The van der Waals surface area contributed by atoms with Gasteiger partial charge in [0.15, 0.2) is 0 Å². The van der Waals surface area contributed by atoms with Gasteiger partial charge in [-0.2, -0.15) is 5.26 Å². The fourth-order valence-corrected chi connectivity index (χ4v) is 3.02. The number of carbonyl (C=O) groups is 1. The second kappa shape index (κ2) is 9.89. The van der Waals surface area contributed by atoms with Crippen molar-refractivity contribution in [2.75, 3.05) is 10.6 Å². The third kappa shape index (κ3) is 5.80. The second-order valence-corrected chi connectivity index (χ2v) is 6.92. The van der Waals surface area contributed by atoms with E-state index in [1.54, 1.807) is 66.9 Å². The molecule has 0 saturated carbocycles. The van der Waals surface area contributed by atoms with Crippen LogP contribution in [0.4, 0.5) is 16.2 Å². The molecule has 2 amide bonds. The molecule has 162 valence electrons. The SMILES string of the molecule is N#Cc1cc(Oc2ccc(NC(=O)Nc3cccc(Cn4cccnc4=O)c3)cc2)ccn1. The zero-order chi connectivity index (χ0) is 23.0. The summed E-state index contributed by atoms with van der Waals surface area (Å²) in [7, 11) is 0. The van der Waals surface area contributed by atoms with Gasteiger partial charge in [0.2, 0.25) is 0 Å². The maximum absolute atomic E-state index is 12.4. The summed E-state index contributed by atoms with van der Waals surface area (Å²) in [5.74, 6) is 1.04. The number of rotatable bonds is 6. The molecule has 0 bridgehead atoms. The van der Waals surface area contributed by atoms with Crippen LogP contribution in [0, 0.1) is 11.3 Å². The van der Waals surface area contributed by atoms with Crippen LogP contribution in [-0.2, 0) is 6.54 Å². The molecular formula is C24H18N6O3. The first-order chi connectivity index (χ1) is 16.1. The van der Waals surface area contributed by atoms with Crippen molar-refractivity contribution in [2.45, 2.75) is 6.54 Å². The average molecular weight is 438 g/mol.